The van der Waals surface area contributed by atoms with Crippen LogP contribution < -0.4 is 11.3 Å². The Morgan fingerprint density at radius 3 is 2.69 bits per heavy atom. The first-order chi connectivity index (χ1) is 7.52. The van der Waals surface area contributed by atoms with E-state index in [9.17, 15) is 9.00 Å². The number of hydrazine groups is 1. The minimum atomic E-state index is -1.34. The van der Waals surface area contributed by atoms with Crippen molar-refractivity contribution in [3.63, 3.8) is 0 Å². The summed E-state index contributed by atoms with van der Waals surface area (Å²) in [6, 6.07) is 4.91. The number of hydrogen-bond acceptors (Lipinski definition) is 3. The lowest BCUT2D eigenvalue weighted by Crippen LogP contribution is -2.34. The van der Waals surface area contributed by atoms with Gasteiger partial charge in [0.1, 0.15) is 5.75 Å². The molecule has 0 fully saturated rings. The van der Waals surface area contributed by atoms with Gasteiger partial charge in [-0.25, -0.2) is 5.84 Å². The van der Waals surface area contributed by atoms with Crippen LogP contribution >= 0.6 is 23.2 Å². The van der Waals surface area contributed by atoms with Gasteiger partial charge in [-0.1, -0.05) is 29.3 Å². The molecule has 1 aromatic rings. The summed E-state index contributed by atoms with van der Waals surface area (Å²) in [5.74, 6) is 4.47. The van der Waals surface area contributed by atoms with Crippen molar-refractivity contribution in [3.05, 3.63) is 33.8 Å². The maximum Gasteiger partial charge on any atom is 0.246 e. The quantitative estimate of drug-likeness (QED) is 0.495. The van der Waals surface area contributed by atoms with E-state index in [0.29, 0.717) is 15.6 Å². The van der Waals surface area contributed by atoms with Crippen molar-refractivity contribution in [1.29, 1.82) is 0 Å². The van der Waals surface area contributed by atoms with Crippen molar-refractivity contribution in [2.45, 2.75) is 5.75 Å². The summed E-state index contributed by atoms with van der Waals surface area (Å²) in [6.45, 7) is 0. The molecule has 0 aliphatic rings. The van der Waals surface area contributed by atoms with Crippen LogP contribution in [0.3, 0.4) is 0 Å². The van der Waals surface area contributed by atoms with Crippen LogP contribution in [-0.2, 0) is 21.3 Å². The average Bonchev–Trinajstić information content (AvgIpc) is 2.22. The smallest absolute Gasteiger partial charge is 0.246 e. The fraction of sp³-hybridized carbons (Fsp3) is 0.222. The second kappa shape index (κ2) is 6.20. The van der Waals surface area contributed by atoms with E-state index in [1.807, 2.05) is 5.43 Å². The normalized spacial score (nSPS) is 12.2. The predicted octanol–water partition coefficient (Wildman–Crippen LogP) is 1.23. The first-order valence-corrected chi connectivity index (χ1v) is 6.55. The summed E-state index contributed by atoms with van der Waals surface area (Å²) in [4.78, 5) is 10.9. The molecule has 4 nitrogen and oxygen atoms in total. The highest BCUT2D eigenvalue weighted by molar-refractivity contribution is 7.84. The number of rotatable bonds is 4. The van der Waals surface area contributed by atoms with Crippen LogP contribution in [0.2, 0.25) is 10.0 Å². The fourth-order valence-corrected chi connectivity index (χ4v) is 2.68. The fourth-order valence-electron chi connectivity index (χ4n) is 1.05. The number of benzene rings is 1. The van der Waals surface area contributed by atoms with Crippen molar-refractivity contribution in [2.75, 3.05) is 5.75 Å². The van der Waals surface area contributed by atoms with E-state index in [1.165, 1.54) is 0 Å². The standard InChI is InChI=1S/C9H10Cl2N2O2S/c10-7-2-1-6(8(11)3-7)4-16(15)5-9(14)13-12/h1-3H,4-5,12H2,(H,13,14)/t16-/m1/s1. The van der Waals surface area contributed by atoms with Gasteiger partial charge in [-0.05, 0) is 17.7 Å². The maximum atomic E-state index is 11.5. The summed E-state index contributed by atoms with van der Waals surface area (Å²) < 4.78 is 11.5. The second-order valence-corrected chi connectivity index (χ2v) is 5.33. The lowest BCUT2D eigenvalue weighted by Gasteiger charge is -2.04. The number of halogens is 2. The molecule has 0 heterocycles. The summed E-state index contributed by atoms with van der Waals surface area (Å²) in [5, 5.41) is 0.952. The highest BCUT2D eigenvalue weighted by atomic mass is 35.5. The number of nitrogens with two attached hydrogens (primary N) is 1. The molecule has 88 valence electrons. The molecule has 0 spiro atoms. The van der Waals surface area contributed by atoms with E-state index in [4.69, 9.17) is 29.0 Å². The lowest BCUT2D eigenvalue weighted by molar-refractivity contribution is -0.118. The van der Waals surface area contributed by atoms with Gasteiger partial charge in [0.2, 0.25) is 5.91 Å². The molecule has 1 atom stereocenters. The molecule has 1 rings (SSSR count). The maximum absolute atomic E-state index is 11.5. The Balaban J connectivity index is 2.66. The van der Waals surface area contributed by atoms with Crippen molar-refractivity contribution in [3.8, 4) is 0 Å². The van der Waals surface area contributed by atoms with E-state index in [-0.39, 0.29) is 11.5 Å². The Hall–Kier alpha value is -0.620. The summed E-state index contributed by atoms with van der Waals surface area (Å²) in [5.41, 5.74) is 2.61. The minimum absolute atomic E-state index is 0.143. The minimum Gasteiger partial charge on any atom is -0.293 e. The van der Waals surface area contributed by atoms with Gasteiger partial charge in [0.15, 0.2) is 0 Å². The van der Waals surface area contributed by atoms with Crippen LogP contribution in [0.25, 0.3) is 0 Å². The molecule has 1 amide bonds. The summed E-state index contributed by atoms with van der Waals surface area (Å²) in [7, 11) is -1.34. The molecular formula is C9H10Cl2N2O2S. The molecule has 0 bridgehead atoms. The van der Waals surface area contributed by atoms with E-state index in [1.54, 1.807) is 18.2 Å². The summed E-state index contributed by atoms with van der Waals surface area (Å²) >= 11 is 11.6. The summed E-state index contributed by atoms with van der Waals surface area (Å²) in [6.07, 6.45) is 0. The number of nitrogens with one attached hydrogen (secondary N) is 1. The van der Waals surface area contributed by atoms with Crippen molar-refractivity contribution < 1.29 is 9.00 Å². The number of hydrogen-bond donors (Lipinski definition) is 2. The van der Waals surface area contributed by atoms with Crippen LogP contribution in [0.5, 0.6) is 0 Å². The number of carbonyl (C=O) groups is 1. The molecule has 0 radical (unpaired) electrons. The zero-order chi connectivity index (χ0) is 12.1. The van der Waals surface area contributed by atoms with Crippen LogP contribution in [-0.4, -0.2) is 15.9 Å². The van der Waals surface area contributed by atoms with Gasteiger partial charge in [0.25, 0.3) is 0 Å². The van der Waals surface area contributed by atoms with E-state index in [2.05, 4.69) is 0 Å². The van der Waals surface area contributed by atoms with Gasteiger partial charge in [-0.3, -0.25) is 14.4 Å². The SMILES string of the molecule is NNC(=O)C[S@](=O)Cc1ccc(Cl)cc1Cl. The Bertz CT molecular complexity index is 426. The molecule has 0 aromatic heterocycles. The van der Waals surface area contributed by atoms with E-state index in [0.717, 1.165) is 0 Å². The highest BCUT2D eigenvalue weighted by Crippen LogP contribution is 2.22. The third-order valence-corrected chi connectivity index (χ3v) is 3.59. The van der Waals surface area contributed by atoms with Crippen LogP contribution in [0.4, 0.5) is 0 Å². The van der Waals surface area contributed by atoms with Gasteiger partial charge in [-0.15, -0.1) is 0 Å². The molecule has 3 N–H and O–H groups in total. The Labute approximate surface area is 106 Å². The van der Waals surface area contributed by atoms with Gasteiger partial charge in [0.05, 0.1) is 5.75 Å². The molecule has 7 heteroatoms. The zero-order valence-corrected chi connectivity index (χ0v) is 10.5. The number of amides is 1. The Morgan fingerprint density at radius 1 is 1.44 bits per heavy atom. The van der Waals surface area contributed by atoms with Gasteiger partial charge >= 0.3 is 0 Å². The molecule has 0 aliphatic carbocycles. The second-order valence-electron chi connectivity index (χ2n) is 3.03. The Morgan fingerprint density at radius 2 is 2.12 bits per heavy atom. The van der Waals surface area contributed by atoms with Crippen molar-refractivity contribution >= 4 is 39.9 Å². The first-order valence-electron chi connectivity index (χ1n) is 4.31. The first kappa shape index (κ1) is 13.4. The number of carbonyl (C=O) groups excluding carboxylic acids is 1. The third kappa shape index (κ3) is 4.09. The van der Waals surface area contributed by atoms with Crippen molar-refractivity contribution in [2.24, 2.45) is 5.84 Å². The van der Waals surface area contributed by atoms with Gasteiger partial charge in [-0.2, -0.15) is 0 Å². The van der Waals surface area contributed by atoms with E-state index < -0.39 is 16.7 Å². The van der Waals surface area contributed by atoms with Gasteiger partial charge in [0, 0.05) is 20.8 Å². The molecule has 16 heavy (non-hydrogen) atoms. The van der Waals surface area contributed by atoms with Gasteiger partial charge < -0.3 is 0 Å². The molecule has 1 aromatic carbocycles. The van der Waals surface area contributed by atoms with Crippen LogP contribution in [0, 0.1) is 0 Å². The topological polar surface area (TPSA) is 72.2 Å². The lowest BCUT2D eigenvalue weighted by atomic mass is 10.2. The monoisotopic (exact) mass is 280 g/mol. The third-order valence-electron chi connectivity index (χ3n) is 1.78. The van der Waals surface area contributed by atoms with Crippen LogP contribution in [0.1, 0.15) is 5.56 Å². The zero-order valence-electron chi connectivity index (χ0n) is 8.20. The Kier molecular flexibility index (Phi) is 5.21. The van der Waals surface area contributed by atoms with Crippen molar-refractivity contribution in [1.82, 2.24) is 5.43 Å². The molecular weight excluding hydrogens is 271 g/mol. The average molecular weight is 281 g/mol. The highest BCUT2D eigenvalue weighted by Gasteiger charge is 2.09. The van der Waals surface area contributed by atoms with Crippen LogP contribution in [0.15, 0.2) is 18.2 Å². The molecule has 0 saturated carbocycles. The molecule has 0 unspecified atom stereocenters. The van der Waals surface area contributed by atoms with E-state index >= 15 is 0 Å². The molecule has 0 saturated heterocycles. The predicted molar refractivity (Wildman–Crippen MR) is 65.5 cm³/mol. The largest absolute Gasteiger partial charge is 0.293 e. The molecule has 0 aliphatic heterocycles.